The zero-order valence-electron chi connectivity index (χ0n) is 10.6. The fourth-order valence-electron chi connectivity index (χ4n) is 1.77. The van der Waals surface area contributed by atoms with Crippen LogP contribution < -0.4 is 10.5 Å². The summed E-state index contributed by atoms with van der Waals surface area (Å²) in [7, 11) is 1.65. The molecule has 0 radical (unpaired) electrons. The third-order valence-electron chi connectivity index (χ3n) is 2.70. The van der Waals surface area contributed by atoms with E-state index >= 15 is 0 Å². The molecule has 0 aliphatic heterocycles. The second kappa shape index (κ2) is 5.59. The Morgan fingerprint density at radius 2 is 2.22 bits per heavy atom. The van der Waals surface area contributed by atoms with Gasteiger partial charge < -0.3 is 10.5 Å². The van der Waals surface area contributed by atoms with E-state index in [2.05, 4.69) is 15.5 Å². The third kappa shape index (κ3) is 2.48. The number of benzene rings is 1. The predicted molar refractivity (Wildman–Crippen MR) is 68.2 cm³/mol. The lowest BCUT2D eigenvalue weighted by molar-refractivity contribution is 0.415. The van der Waals surface area contributed by atoms with Crippen LogP contribution in [0, 0.1) is 6.92 Å². The van der Waals surface area contributed by atoms with E-state index in [1.165, 1.54) is 0 Å². The first kappa shape index (κ1) is 12.5. The monoisotopic (exact) mass is 247 g/mol. The minimum absolute atomic E-state index is 0.615. The Labute approximate surface area is 106 Å². The van der Waals surface area contributed by atoms with Gasteiger partial charge in [0.15, 0.2) is 5.82 Å². The van der Waals surface area contributed by atoms with Crippen LogP contribution >= 0.6 is 0 Å². The van der Waals surface area contributed by atoms with Crippen LogP contribution in [0.2, 0.25) is 0 Å². The van der Waals surface area contributed by atoms with Gasteiger partial charge in [-0.05, 0) is 48.0 Å². The molecule has 0 unspecified atom stereocenters. The fraction of sp³-hybridized carbons (Fsp3) is 0.417. The summed E-state index contributed by atoms with van der Waals surface area (Å²) < 4.78 is 7.13. The Morgan fingerprint density at radius 1 is 1.39 bits per heavy atom. The fourth-order valence-corrected chi connectivity index (χ4v) is 1.77. The van der Waals surface area contributed by atoms with E-state index in [0.717, 1.165) is 23.3 Å². The smallest absolute Gasteiger partial charge is 0.185 e. The second-order valence-electron chi connectivity index (χ2n) is 4.07. The topological polar surface area (TPSA) is 78.9 Å². The van der Waals surface area contributed by atoms with Crippen molar-refractivity contribution in [1.29, 1.82) is 0 Å². The van der Waals surface area contributed by atoms with Crippen molar-refractivity contribution >= 4 is 0 Å². The third-order valence-corrected chi connectivity index (χ3v) is 2.70. The molecule has 96 valence electrons. The maximum Gasteiger partial charge on any atom is 0.185 e. The van der Waals surface area contributed by atoms with E-state index in [9.17, 15) is 0 Å². The summed E-state index contributed by atoms with van der Waals surface area (Å²) in [6.45, 7) is 3.34. The maximum atomic E-state index is 5.50. The molecule has 0 aliphatic carbocycles. The molecule has 1 aromatic carbocycles. The van der Waals surface area contributed by atoms with Gasteiger partial charge >= 0.3 is 0 Å². The number of aromatic nitrogens is 4. The Kier molecular flexibility index (Phi) is 3.88. The van der Waals surface area contributed by atoms with E-state index in [0.29, 0.717) is 18.9 Å². The van der Waals surface area contributed by atoms with Gasteiger partial charge in [0, 0.05) is 6.54 Å². The molecular formula is C12H17N5O. The summed E-state index contributed by atoms with van der Waals surface area (Å²) in [5, 5.41) is 11.7. The van der Waals surface area contributed by atoms with Crippen LogP contribution in [0.1, 0.15) is 12.0 Å². The summed E-state index contributed by atoms with van der Waals surface area (Å²) in [6, 6.07) is 5.95. The second-order valence-corrected chi connectivity index (χ2v) is 4.07. The Balaban J connectivity index is 2.39. The molecule has 2 rings (SSSR count). The minimum atomic E-state index is 0.615. The predicted octanol–water partition coefficient (Wildman–Crippen LogP) is 1.01. The average Bonchev–Trinajstić information content (AvgIpc) is 2.84. The number of rotatable bonds is 5. The zero-order chi connectivity index (χ0) is 13.0. The van der Waals surface area contributed by atoms with Gasteiger partial charge in [0.2, 0.25) is 0 Å². The van der Waals surface area contributed by atoms with Gasteiger partial charge in [-0.3, -0.25) is 0 Å². The number of aryl methyl sites for hydroxylation is 2. The quantitative estimate of drug-likeness (QED) is 0.853. The SMILES string of the molecule is COc1cc(C)ccc1-c1nnnn1CCCN. The molecule has 0 fully saturated rings. The highest BCUT2D eigenvalue weighted by molar-refractivity contribution is 5.64. The van der Waals surface area contributed by atoms with Crippen LogP contribution in [0.25, 0.3) is 11.4 Å². The lowest BCUT2D eigenvalue weighted by atomic mass is 10.1. The number of ether oxygens (including phenoxy) is 1. The van der Waals surface area contributed by atoms with E-state index in [1.54, 1.807) is 11.8 Å². The van der Waals surface area contributed by atoms with Crippen molar-refractivity contribution in [3.63, 3.8) is 0 Å². The van der Waals surface area contributed by atoms with Crippen LogP contribution in [0.15, 0.2) is 18.2 Å². The van der Waals surface area contributed by atoms with Gasteiger partial charge in [0.05, 0.1) is 12.7 Å². The zero-order valence-corrected chi connectivity index (χ0v) is 10.6. The van der Waals surface area contributed by atoms with Crippen molar-refractivity contribution < 1.29 is 4.74 Å². The molecular weight excluding hydrogens is 230 g/mol. The van der Waals surface area contributed by atoms with Gasteiger partial charge in [0.25, 0.3) is 0 Å². The van der Waals surface area contributed by atoms with Crippen LogP contribution in [0.5, 0.6) is 5.75 Å². The molecule has 6 heteroatoms. The summed E-state index contributed by atoms with van der Waals surface area (Å²) in [6.07, 6.45) is 0.840. The summed E-state index contributed by atoms with van der Waals surface area (Å²) in [4.78, 5) is 0. The highest BCUT2D eigenvalue weighted by Crippen LogP contribution is 2.28. The summed E-state index contributed by atoms with van der Waals surface area (Å²) >= 11 is 0. The number of tetrazole rings is 1. The summed E-state index contributed by atoms with van der Waals surface area (Å²) in [5.74, 6) is 1.49. The molecule has 2 N–H and O–H groups in total. The minimum Gasteiger partial charge on any atom is -0.496 e. The first-order valence-electron chi connectivity index (χ1n) is 5.87. The van der Waals surface area contributed by atoms with Crippen LogP contribution in [-0.2, 0) is 6.54 Å². The highest BCUT2D eigenvalue weighted by Gasteiger charge is 2.13. The molecule has 0 spiro atoms. The van der Waals surface area contributed by atoms with Gasteiger partial charge in [0.1, 0.15) is 5.75 Å². The van der Waals surface area contributed by atoms with E-state index in [-0.39, 0.29) is 0 Å². The first-order valence-corrected chi connectivity index (χ1v) is 5.87. The molecule has 0 saturated heterocycles. The van der Waals surface area contributed by atoms with Gasteiger partial charge in [-0.2, -0.15) is 0 Å². The number of hydrogen-bond donors (Lipinski definition) is 1. The molecule has 1 heterocycles. The van der Waals surface area contributed by atoms with E-state index in [1.807, 2.05) is 25.1 Å². The lowest BCUT2D eigenvalue weighted by Gasteiger charge is -2.09. The lowest BCUT2D eigenvalue weighted by Crippen LogP contribution is -2.08. The number of nitrogens with zero attached hydrogens (tertiary/aromatic N) is 4. The normalized spacial score (nSPS) is 10.6. The van der Waals surface area contributed by atoms with Gasteiger partial charge in [-0.25, -0.2) is 4.68 Å². The molecule has 0 aliphatic rings. The van der Waals surface area contributed by atoms with Gasteiger partial charge in [-0.1, -0.05) is 6.07 Å². The molecule has 6 nitrogen and oxygen atoms in total. The highest BCUT2D eigenvalue weighted by atomic mass is 16.5. The van der Waals surface area contributed by atoms with Crippen LogP contribution in [-0.4, -0.2) is 33.9 Å². The van der Waals surface area contributed by atoms with E-state index < -0.39 is 0 Å². The summed E-state index contributed by atoms with van der Waals surface area (Å²) in [5.41, 5.74) is 7.53. The molecule has 2 aromatic rings. The van der Waals surface area contributed by atoms with Crippen LogP contribution in [0.4, 0.5) is 0 Å². The number of hydrogen-bond acceptors (Lipinski definition) is 5. The van der Waals surface area contributed by atoms with Crippen LogP contribution in [0.3, 0.4) is 0 Å². The average molecular weight is 247 g/mol. The molecule has 0 saturated carbocycles. The maximum absolute atomic E-state index is 5.50. The Bertz CT molecular complexity index is 523. The van der Waals surface area contributed by atoms with Gasteiger partial charge in [-0.15, -0.1) is 5.10 Å². The largest absolute Gasteiger partial charge is 0.496 e. The standard InChI is InChI=1S/C12H17N5O/c1-9-4-5-10(11(8-9)18-2)12-14-15-16-17(12)7-3-6-13/h4-5,8H,3,6-7,13H2,1-2H3. The molecule has 0 bridgehead atoms. The molecule has 1 aromatic heterocycles. The molecule has 0 atom stereocenters. The Hall–Kier alpha value is -1.95. The number of nitrogens with two attached hydrogens (primary N) is 1. The van der Waals surface area contributed by atoms with Crippen molar-refractivity contribution in [2.24, 2.45) is 5.73 Å². The van der Waals surface area contributed by atoms with E-state index in [4.69, 9.17) is 10.5 Å². The molecule has 18 heavy (non-hydrogen) atoms. The van der Waals surface area contributed by atoms with Crippen molar-refractivity contribution in [2.75, 3.05) is 13.7 Å². The Morgan fingerprint density at radius 3 is 2.94 bits per heavy atom. The first-order chi connectivity index (χ1) is 8.76. The number of methoxy groups -OCH3 is 1. The van der Waals surface area contributed by atoms with Crippen molar-refractivity contribution in [1.82, 2.24) is 20.2 Å². The molecule has 0 amide bonds. The van der Waals surface area contributed by atoms with Crippen molar-refractivity contribution in [3.8, 4) is 17.1 Å². The van der Waals surface area contributed by atoms with Crippen molar-refractivity contribution in [3.05, 3.63) is 23.8 Å². The van der Waals surface area contributed by atoms with Crippen molar-refractivity contribution in [2.45, 2.75) is 19.9 Å².